The van der Waals surface area contributed by atoms with Crippen LogP contribution in [0.3, 0.4) is 0 Å². The Bertz CT molecular complexity index is 874. The third-order valence-electron chi connectivity index (χ3n) is 4.72. The minimum Gasteiger partial charge on any atom is -0.497 e. The molecule has 2 amide bonds. The van der Waals surface area contributed by atoms with E-state index >= 15 is 0 Å². The van der Waals surface area contributed by atoms with Gasteiger partial charge in [0.2, 0.25) is 11.8 Å². The number of nitrogens with one attached hydrogen (secondary N) is 1. The molecule has 0 aromatic heterocycles. The summed E-state index contributed by atoms with van der Waals surface area (Å²) in [5.74, 6) is 1.12. The molecular formula is C23H28Cl2N2O4. The van der Waals surface area contributed by atoms with E-state index in [1.807, 2.05) is 31.2 Å². The van der Waals surface area contributed by atoms with Crippen molar-refractivity contribution in [1.82, 2.24) is 10.2 Å². The molecule has 0 aliphatic carbocycles. The third kappa shape index (κ3) is 7.64. The minimum absolute atomic E-state index is 0.136. The molecule has 8 heteroatoms. The maximum absolute atomic E-state index is 13.0. The molecule has 168 valence electrons. The van der Waals surface area contributed by atoms with Crippen LogP contribution in [-0.2, 0) is 16.1 Å². The Kier molecular flexibility index (Phi) is 9.95. The molecule has 0 aliphatic rings. The van der Waals surface area contributed by atoms with Crippen molar-refractivity contribution in [1.29, 1.82) is 0 Å². The van der Waals surface area contributed by atoms with Crippen molar-refractivity contribution >= 4 is 35.0 Å². The molecule has 31 heavy (non-hydrogen) atoms. The summed E-state index contributed by atoms with van der Waals surface area (Å²) < 4.78 is 10.8. The highest BCUT2D eigenvalue weighted by atomic mass is 35.5. The highest BCUT2D eigenvalue weighted by Crippen LogP contribution is 2.24. The van der Waals surface area contributed by atoms with Crippen LogP contribution in [0.1, 0.15) is 32.3 Å². The number of rotatable bonds is 11. The van der Waals surface area contributed by atoms with Gasteiger partial charge in [-0.2, -0.15) is 0 Å². The standard InChI is InChI=1S/C23H28Cl2N2O4/c1-4-26-23(29)16(2)27(15-17-7-12-20(24)21(25)14-17)22(28)6-5-13-31-19-10-8-18(30-3)9-11-19/h7-12,14,16H,4-6,13,15H2,1-3H3,(H,26,29). The zero-order chi connectivity index (χ0) is 22.8. The van der Waals surface area contributed by atoms with Crippen LogP contribution in [0.5, 0.6) is 11.5 Å². The molecular weight excluding hydrogens is 439 g/mol. The molecule has 0 aliphatic heterocycles. The topological polar surface area (TPSA) is 67.9 Å². The zero-order valence-corrected chi connectivity index (χ0v) is 19.5. The maximum atomic E-state index is 13.0. The Balaban J connectivity index is 1.99. The number of methoxy groups -OCH3 is 1. The highest BCUT2D eigenvalue weighted by Gasteiger charge is 2.25. The lowest BCUT2D eigenvalue weighted by Crippen LogP contribution is -2.47. The Labute approximate surface area is 193 Å². The summed E-state index contributed by atoms with van der Waals surface area (Å²) in [6, 6.07) is 11.8. The van der Waals surface area contributed by atoms with Crippen LogP contribution in [0.2, 0.25) is 10.0 Å². The fraction of sp³-hybridized carbons (Fsp3) is 0.391. The quantitative estimate of drug-likeness (QED) is 0.486. The molecule has 0 spiro atoms. The number of carbonyl (C=O) groups is 2. The second kappa shape index (κ2) is 12.4. The first-order valence-electron chi connectivity index (χ1n) is 10.1. The normalized spacial score (nSPS) is 11.5. The molecule has 0 saturated heterocycles. The van der Waals surface area contributed by atoms with Gasteiger partial charge in [-0.25, -0.2) is 0 Å². The Hall–Kier alpha value is -2.44. The van der Waals surface area contributed by atoms with Gasteiger partial charge in [-0.3, -0.25) is 9.59 Å². The van der Waals surface area contributed by atoms with Gasteiger partial charge < -0.3 is 19.7 Å². The number of amides is 2. The van der Waals surface area contributed by atoms with E-state index in [4.69, 9.17) is 32.7 Å². The van der Waals surface area contributed by atoms with E-state index in [2.05, 4.69) is 5.32 Å². The second-order valence-electron chi connectivity index (χ2n) is 6.97. The summed E-state index contributed by atoms with van der Waals surface area (Å²) >= 11 is 12.1. The van der Waals surface area contributed by atoms with Crippen molar-refractivity contribution in [2.24, 2.45) is 0 Å². The van der Waals surface area contributed by atoms with Crippen LogP contribution in [0.25, 0.3) is 0 Å². The van der Waals surface area contributed by atoms with Crippen LogP contribution in [-0.4, -0.2) is 43.0 Å². The van der Waals surface area contributed by atoms with Crippen molar-refractivity contribution in [2.75, 3.05) is 20.3 Å². The van der Waals surface area contributed by atoms with Crippen LogP contribution in [0.4, 0.5) is 0 Å². The third-order valence-corrected chi connectivity index (χ3v) is 5.46. The predicted octanol–water partition coefficient (Wildman–Crippen LogP) is 4.71. The van der Waals surface area contributed by atoms with Crippen molar-refractivity contribution in [2.45, 2.75) is 39.3 Å². The summed E-state index contributed by atoms with van der Waals surface area (Å²) in [6.45, 7) is 4.69. The van der Waals surface area contributed by atoms with Gasteiger partial charge in [0.25, 0.3) is 0 Å². The van der Waals surface area contributed by atoms with Gasteiger partial charge in [0.05, 0.1) is 23.8 Å². The lowest BCUT2D eigenvalue weighted by molar-refractivity contribution is -0.140. The summed E-state index contributed by atoms with van der Waals surface area (Å²) in [5, 5.41) is 3.62. The number of nitrogens with zero attached hydrogens (tertiary/aromatic N) is 1. The molecule has 0 bridgehead atoms. The Morgan fingerprint density at radius 1 is 1.06 bits per heavy atom. The average Bonchev–Trinajstić information content (AvgIpc) is 2.77. The van der Waals surface area contributed by atoms with Crippen LogP contribution < -0.4 is 14.8 Å². The van der Waals surface area contributed by atoms with Gasteiger partial charge in [0.1, 0.15) is 17.5 Å². The molecule has 1 atom stereocenters. The van der Waals surface area contributed by atoms with E-state index in [0.717, 1.165) is 11.3 Å². The number of hydrogen-bond acceptors (Lipinski definition) is 4. The molecule has 0 radical (unpaired) electrons. The van der Waals surface area contributed by atoms with Gasteiger partial charge in [0.15, 0.2) is 0 Å². The van der Waals surface area contributed by atoms with Gasteiger partial charge >= 0.3 is 0 Å². The molecule has 0 heterocycles. The van der Waals surface area contributed by atoms with Gasteiger partial charge in [-0.1, -0.05) is 29.3 Å². The van der Waals surface area contributed by atoms with Crippen LogP contribution >= 0.6 is 23.2 Å². The number of ether oxygens (including phenoxy) is 2. The number of hydrogen-bond donors (Lipinski definition) is 1. The van der Waals surface area contributed by atoms with Crippen molar-refractivity contribution < 1.29 is 19.1 Å². The summed E-state index contributed by atoms with van der Waals surface area (Å²) in [4.78, 5) is 26.9. The van der Waals surface area contributed by atoms with E-state index in [1.54, 1.807) is 37.1 Å². The SMILES string of the molecule is CCNC(=O)C(C)N(Cc1ccc(Cl)c(Cl)c1)C(=O)CCCOc1ccc(OC)cc1. The van der Waals surface area contributed by atoms with Crippen LogP contribution in [0, 0.1) is 0 Å². The molecule has 1 unspecified atom stereocenters. The molecule has 0 saturated carbocycles. The number of carbonyl (C=O) groups excluding carboxylic acids is 2. The summed E-state index contributed by atoms with van der Waals surface area (Å²) in [7, 11) is 1.60. The van der Waals surface area contributed by atoms with Gasteiger partial charge in [0, 0.05) is 19.5 Å². The van der Waals surface area contributed by atoms with E-state index in [-0.39, 0.29) is 24.8 Å². The first-order valence-corrected chi connectivity index (χ1v) is 10.9. The van der Waals surface area contributed by atoms with E-state index in [0.29, 0.717) is 35.4 Å². The monoisotopic (exact) mass is 466 g/mol. The molecule has 2 rings (SSSR count). The number of benzene rings is 2. The molecule has 2 aromatic rings. The molecule has 0 fully saturated rings. The molecule has 6 nitrogen and oxygen atoms in total. The fourth-order valence-electron chi connectivity index (χ4n) is 2.97. The minimum atomic E-state index is -0.621. The van der Waals surface area contributed by atoms with Crippen LogP contribution in [0.15, 0.2) is 42.5 Å². The highest BCUT2D eigenvalue weighted by molar-refractivity contribution is 6.42. The van der Waals surface area contributed by atoms with Crippen molar-refractivity contribution in [3.8, 4) is 11.5 Å². The number of halogens is 2. The van der Waals surface area contributed by atoms with E-state index < -0.39 is 6.04 Å². The zero-order valence-electron chi connectivity index (χ0n) is 18.0. The Morgan fingerprint density at radius 3 is 2.35 bits per heavy atom. The molecule has 2 aromatic carbocycles. The second-order valence-corrected chi connectivity index (χ2v) is 7.78. The van der Waals surface area contributed by atoms with E-state index in [9.17, 15) is 9.59 Å². The van der Waals surface area contributed by atoms with Crippen molar-refractivity contribution in [3.05, 3.63) is 58.1 Å². The average molecular weight is 467 g/mol. The summed E-state index contributed by atoms with van der Waals surface area (Å²) in [5.41, 5.74) is 0.799. The first kappa shape index (κ1) is 24.8. The largest absolute Gasteiger partial charge is 0.497 e. The molecule has 1 N–H and O–H groups in total. The predicted molar refractivity (Wildman–Crippen MR) is 123 cm³/mol. The van der Waals surface area contributed by atoms with Gasteiger partial charge in [-0.05, 0) is 62.2 Å². The Morgan fingerprint density at radius 2 is 1.74 bits per heavy atom. The van der Waals surface area contributed by atoms with Crippen molar-refractivity contribution in [3.63, 3.8) is 0 Å². The summed E-state index contributed by atoms with van der Waals surface area (Å²) in [6.07, 6.45) is 0.770. The lowest BCUT2D eigenvalue weighted by Gasteiger charge is -2.29. The lowest BCUT2D eigenvalue weighted by atomic mass is 10.1. The fourth-order valence-corrected chi connectivity index (χ4v) is 3.29. The first-order chi connectivity index (χ1) is 14.8. The number of likely N-dealkylation sites (N-methyl/N-ethyl adjacent to an activating group) is 1. The smallest absolute Gasteiger partial charge is 0.242 e. The maximum Gasteiger partial charge on any atom is 0.242 e. The van der Waals surface area contributed by atoms with E-state index in [1.165, 1.54) is 0 Å². The van der Waals surface area contributed by atoms with Gasteiger partial charge in [-0.15, -0.1) is 0 Å².